The van der Waals surface area contributed by atoms with Crippen LogP contribution in [0.5, 0.6) is 0 Å². The third kappa shape index (κ3) is 2.52. The van der Waals surface area contributed by atoms with Crippen LogP contribution in [0.3, 0.4) is 0 Å². The van der Waals surface area contributed by atoms with E-state index in [2.05, 4.69) is 41.7 Å². The van der Waals surface area contributed by atoms with Gasteiger partial charge in [-0.15, -0.1) is 0 Å². The van der Waals surface area contributed by atoms with Crippen molar-refractivity contribution >= 4 is 37.7 Å². The van der Waals surface area contributed by atoms with Gasteiger partial charge < -0.3 is 10.6 Å². The number of halogens is 2. The lowest BCUT2D eigenvalue weighted by atomic mass is 10.1. The normalized spacial score (nSPS) is 21.0. The SMILES string of the molecule is NCC1CCN(c2ncc(Br)cc2Br)C1. The van der Waals surface area contributed by atoms with Gasteiger partial charge in [0.15, 0.2) is 0 Å². The molecule has 0 radical (unpaired) electrons. The van der Waals surface area contributed by atoms with E-state index in [-0.39, 0.29) is 0 Å². The van der Waals surface area contributed by atoms with Crippen molar-refractivity contribution in [2.24, 2.45) is 11.7 Å². The second-order valence-corrected chi connectivity index (χ2v) is 5.57. The highest BCUT2D eigenvalue weighted by molar-refractivity contribution is 9.11. The number of aromatic nitrogens is 1. The number of anilines is 1. The summed E-state index contributed by atoms with van der Waals surface area (Å²) in [5.74, 6) is 1.64. The molecule has 15 heavy (non-hydrogen) atoms. The molecule has 0 saturated carbocycles. The van der Waals surface area contributed by atoms with Crippen LogP contribution in [0.15, 0.2) is 21.2 Å². The summed E-state index contributed by atoms with van der Waals surface area (Å²) >= 11 is 6.93. The van der Waals surface area contributed by atoms with Crippen LogP contribution < -0.4 is 10.6 Å². The van der Waals surface area contributed by atoms with Crippen LogP contribution in [0.4, 0.5) is 5.82 Å². The first-order valence-corrected chi connectivity index (χ1v) is 6.55. The van der Waals surface area contributed by atoms with E-state index in [0.717, 1.165) is 34.4 Å². The van der Waals surface area contributed by atoms with Gasteiger partial charge in [0.25, 0.3) is 0 Å². The van der Waals surface area contributed by atoms with Gasteiger partial charge in [0, 0.05) is 23.8 Å². The summed E-state index contributed by atoms with van der Waals surface area (Å²) in [5, 5.41) is 0. The second kappa shape index (κ2) is 4.80. The fourth-order valence-electron chi connectivity index (χ4n) is 1.86. The summed E-state index contributed by atoms with van der Waals surface area (Å²) in [4.78, 5) is 6.71. The standard InChI is InChI=1S/C10H13Br2N3/c11-8-3-9(12)10(14-5-8)15-2-1-7(4-13)6-15/h3,5,7H,1-2,4,6,13H2. The summed E-state index contributed by atoms with van der Waals surface area (Å²) in [7, 11) is 0. The molecule has 2 rings (SSSR count). The number of pyridine rings is 1. The van der Waals surface area contributed by atoms with Crippen LogP contribution in [0.25, 0.3) is 0 Å². The lowest BCUT2D eigenvalue weighted by molar-refractivity contribution is 0.602. The van der Waals surface area contributed by atoms with E-state index in [0.29, 0.717) is 5.92 Å². The molecule has 0 aliphatic carbocycles. The zero-order valence-electron chi connectivity index (χ0n) is 8.29. The van der Waals surface area contributed by atoms with E-state index < -0.39 is 0 Å². The number of nitrogens with two attached hydrogens (primary N) is 1. The van der Waals surface area contributed by atoms with Gasteiger partial charge in [-0.1, -0.05) is 0 Å². The van der Waals surface area contributed by atoms with Crippen LogP contribution in [0.1, 0.15) is 6.42 Å². The fourth-order valence-corrected chi connectivity index (χ4v) is 3.10. The maximum absolute atomic E-state index is 5.67. The molecule has 3 nitrogen and oxygen atoms in total. The molecular formula is C10H13Br2N3. The lowest BCUT2D eigenvalue weighted by Gasteiger charge is -2.18. The van der Waals surface area contributed by atoms with Crippen LogP contribution in [-0.4, -0.2) is 24.6 Å². The maximum Gasteiger partial charge on any atom is 0.142 e. The summed E-state index contributed by atoms with van der Waals surface area (Å²) in [5.41, 5.74) is 5.67. The molecule has 0 spiro atoms. The highest BCUT2D eigenvalue weighted by Gasteiger charge is 2.23. The smallest absolute Gasteiger partial charge is 0.142 e. The lowest BCUT2D eigenvalue weighted by Crippen LogP contribution is -2.23. The number of rotatable bonds is 2. The first-order valence-electron chi connectivity index (χ1n) is 4.96. The molecular weight excluding hydrogens is 322 g/mol. The summed E-state index contributed by atoms with van der Waals surface area (Å²) in [6.45, 7) is 2.84. The summed E-state index contributed by atoms with van der Waals surface area (Å²) in [6, 6.07) is 2.03. The van der Waals surface area contributed by atoms with Crippen LogP contribution >= 0.6 is 31.9 Å². The maximum atomic E-state index is 5.67. The minimum atomic E-state index is 0.613. The van der Waals surface area contributed by atoms with Gasteiger partial charge in [0.1, 0.15) is 5.82 Å². The number of hydrogen-bond acceptors (Lipinski definition) is 3. The van der Waals surface area contributed by atoms with Gasteiger partial charge in [0.2, 0.25) is 0 Å². The van der Waals surface area contributed by atoms with Crippen molar-refractivity contribution in [3.05, 3.63) is 21.2 Å². The van der Waals surface area contributed by atoms with Crippen LogP contribution in [-0.2, 0) is 0 Å². The van der Waals surface area contributed by atoms with Gasteiger partial charge in [-0.25, -0.2) is 4.98 Å². The number of nitrogens with zero attached hydrogens (tertiary/aromatic N) is 2. The molecule has 82 valence electrons. The van der Waals surface area contributed by atoms with E-state index in [9.17, 15) is 0 Å². The first kappa shape index (κ1) is 11.4. The zero-order chi connectivity index (χ0) is 10.8. The Morgan fingerprint density at radius 3 is 2.93 bits per heavy atom. The Hall–Kier alpha value is -0.130. The summed E-state index contributed by atoms with van der Waals surface area (Å²) in [6.07, 6.45) is 3.00. The zero-order valence-corrected chi connectivity index (χ0v) is 11.5. The summed E-state index contributed by atoms with van der Waals surface area (Å²) < 4.78 is 2.03. The molecule has 1 aromatic heterocycles. The van der Waals surface area contributed by atoms with Gasteiger partial charge in [-0.3, -0.25) is 0 Å². The Bertz CT molecular complexity index is 357. The van der Waals surface area contributed by atoms with Crippen LogP contribution in [0, 0.1) is 5.92 Å². The minimum Gasteiger partial charge on any atom is -0.355 e. The van der Waals surface area contributed by atoms with Crippen LogP contribution in [0.2, 0.25) is 0 Å². The molecule has 1 atom stereocenters. The molecule has 0 bridgehead atoms. The van der Waals surface area contributed by atoms with Crippen molar-refractivity contribution in [2.45, 2.75) is 6.42 Å². The monoisotopic (exact) mass is 333 g/mol. The van der Waals surface area contributed by atoms with E-state index in [1.165, 1.54) is 6.42 Å². The van der Waals surface area contributed by atoms with Crippen molar-refractivity contribution in [1.82, 2.24) is 4.98 Å². The van der Waals surface area contributed by atoms with Gasteiger partial charge in [0.05, 0.1) is 4.47 Å². The Morgan fingerprint density at radius 2 is 2.33 bits per heavy atom. The Kier molecular flexibility index (Phi) is 3.64. The molecule has 1 unspecified atom stereocenters. The Labute approximate surface area is 106 Å². The molecule has 2 N–H and O–H groups in total. The topological polar surface area (TPSA) is 42.1 Å². The molecule has 2 heterocycles. The molecule has 1 fully saturated rings. The molecule has 1 aliphatic heterocycles. The molecule has 1 saturated heterocycles. The largest absolute Gasteiger partial charge is 0.355 e. The Morgan fingerprint density at radius 1 is 1.53 bits per heavy atom. The highest BCUT2D eigenvalue weighted by Crippen LogP contribution is 2.30. The van der Waals surface area contributed by atoms with Crippen molar-refractivity contribution in [3.8, 4) is 0 Å². The molecule has 1 aromatic rings. The van der Waals surface area contributed by atoms with Crippen molar-refractivity contribution in [3.63, 3.8) is 0 Å². The predicted octanol–water partition coefficient (Wildman–Crippen LogP) is 2.39. The average molecular weight is 335 g/mol. The van der Waals surface area contributed by atoms with Crippen molar-refractivity contribution < 1.29 is 0 Å². The quantitative estimate of drug-likeness (QED) is 0.903. The van der Waals surface area contributed by atoms with E-state index in [1.54, 1.807) is 0 Å². The number of hydrogen-bond donors (Lipinski definition) is 1. The van der Waals surface area contributed by atoms with Crippen molar-refractivity contribution in [1.29, 1.82) is 0 Å². The molecule has 0 amide bonds. The molecule has 5 heteroatoms. The highest BCUT2D eigenvalue weighted by atomic mass is 79.9. The third-order valence-electron chi connectivity index (χ3n) is 2.71. The van der Waals surface area contributed by atoms with Crippen molar-refractivity contribution in [2.75, 3.05) is 24.5 Å². The first-order chi connectivity index (χ1) is 7.20. The Balaban J connectivity index is 2.17. The third-order valence-corrected chi connectivity index (χ3v) is 3.72. The fraction of sp³-hybridized carbons (Fsp3) is 0.500. The van der Waals surface area contributed by atoms with Gasteiger partial charge in [-0.2, -0.15) is 0 Å². The molecule has 0 aromatic carbocycles. The predicted molar refractivity (Wildman–Crippen MR) is 69.0 cm³/mol. The van der Waals surface area contributed by atoms with E-state index >= 15 is 0 Å². The van der Waals surface area contributed by atoms with E-state index in [4.69, 9.17) is 5.73 Å². The van der Waals surface area contributed by atoms with Gasteiger partial charge in [-0.05, 0) is 56.8 Å². The minimum absolute atomic E-state index is 0.613. The average Bonchev–Trinajstić information content (AvgIpc) is 2.66. The molecule has 1 aliphatic rings. The second-order valence-electron chi connectivity index (χ2n) is 3.80. The van der Waals surface area contributed by atoms with Gasteiger partial charge >= 0.3 is 0 Å². The van der Waals surface area contributed by atoms with E-state index in [1.807, 2.05) is 12.3 Å².